The van der Waals surface area contributed by atoms with Crippen LogP contribution in [-0.2, 0) is 14.4 Å². The molecule has 1 heterocycles. The normalized spacial score (nSPS) is 19.8. The maximum Gasteiger partial charge on any atom is 0.247 e. The highest BCUT2D eigenvalue weighted by atomic mass is 32.2. The van der Waals surface area contributed by atoms with E-state index in [0.717, 1.165) is 24.8 Å². The molecule has 2 radical (unpaired) electrons. The van der Waals surface area contributed by atoms with Gasteiger partial charge < -0.3 is 4.79 Å². The fourth-order valence-corrected chi connectivity index (χ4v) is 4.69. The molecule has 1 aromatic carbocycles. The summed E-state index contributed by atoms with van der Waals surface area (Å²) >= 11 is 1.61. The second-order valence-corrected chi connectivity index (χ2v) is 9.89. The number of carbonyl (C=O) groups is 3. The van der Waals surface area contributed by atoms with Crippen molar-refractivity contribution in [2.75, 3.05) is 4.90 Å². The molecule has 1 aromatic rings. The first-order valence-electron chi connectivity index (χ1n) is 10.0. The lowest BCUT2D eigenvalue weighted by molar-refractivity contribution is -0.121. The van der Waals surface area contributed by atoms with E-state index in [1.165, 1.54) is 4.90 Å². The van der Waals surface area contributed by atoms with Gasteiger partial charge in [-0.3, -0.25) is 9.59 Å². The van der Waals surface area contributed by atoms with Crippen molar-refractivity contribution in [2.45, 2.75) is 76.7 Å². The van der Waals surface area contributed by atoms with Crippen LogP contribution in [0.25, 0.3) is 0 Å². The van der Waals surface area contributed by atoms with Gasteiger partial charge in [-0.25, -0.2) is 4.90 Å². The van der Waals surface area contributed by atoms with E-state index >= 15 is 0 Å². The van der Waals surface area contributed by atoms with Gasteiger partial charge in [-0.15, -0.1) is 11.8 Å². The number of nitrogens with zero attached hydrogens (tertiary/aromatic N) is 1. The highest BCUT2D eigenvalue weighted by Gasteiger charge is 2.40. The summed E-state index contributed by atoms with van der Waals surface area (Å²) in [5.74, 6) is -0.355. The van der Waals surface area contributed by atoms with E-state index in [2.05, 4.69) is 13.8 Å². The molecular weight excluding hydrogens is 369 g/mol. The molecule has 0 aliphatic carbocycles. The molecule has 1 saturated heterocycles. The van der Waals surface area contributed by atoms with Gasteiger partial charge in [0.25, 0.3) is 0 Å². The number of hydrogen-bond donors (Lipinski definition) is 0. The van der Waals surface area contributed by atoms with E-state index in [1.54, 1.807) is 23.9 Å². The number of thioether (sulfide) groups is 1. The Kier molecular flexibility index (Phi) is 7.55. The highest BCUT2D eigenvalue weighted by molar-refractivity contribution is 8.01. The molecule has 1 aliphatic rings. The number of unbranched alkanes of at least 4 members (excludes halogenated alkanes) is 1. The van der Waals surface area contributed by atoms with Crippen LogP contribution in [0, 0.1) is 5.41 Å². The summed E-state index contributed by atoms with van der Waals surface area (Å²) in [6.07, 6.45) is 3.58. The van der Waals surface area contributed by atoms with E-state index in [9.17, 15) is 14.4 Å². The van der Waals surface area contributed by atoms with Crippen molar-refractivity contribution in [3.05, 3.63) is 29.8 Å². The van der Waals surface area contributed by atoms with Crippen molar-refractivity contribution in [1.29, 1.82) is 0 Å². The summed E-state index contributed by atoms with van der Waals surface area (Å²) in [6, 6.07) is 7.31. The Hall–Kier alpha value is -1.56. The molecule has 3 atom stereocenters. The van der Waals surface area contributed by atoms with Gasteiger partial charge in [-0.2, -0.15) is 0 Å². The fourth-order valence-electron chi connectivity index (χ4n) is 3.36. The van der Waals surface area contributed by atoms with Crippen molar-refractivity contribution in [3.63, 3.8) is 0 Å². The summed E-state index contributed by atoms with van der Waals surface area (Å²) in [4.78, 5) is 38.3. The molecule has 150 valence electrons. The average Bonchev–Trinajstić information content (AvgIpc) is 2.92. The lowest BCUT2D eigenvalue weighted by Gasteiger charge is -2.30. The van der Waals surface area contributed by atoms with Crippen molar-refractivity contribution in [2.24, 2.45) is 5.41 Å². The predicted octanol–water partition coefficient (Wildman–Crippen LogP) is 4.46. The fraction of sp³-hybridized carbons (Fsp3) is 0.591. The van der Waals surface area contributed by atoms with Crippen LogP contribution < -0.4 is 4.90 Å². The Morgan fingerprint density at radius 1 is 1.25 bits per heavy atom. The zero-order valence-electron chi connectivity index (χ0n) is 17.5. The molecule has 0 saturated carbocycles. The Morgan fingerprint density at radius 2 is 1.86 bits per heavy atom. The first-order chi connectivity index (χ1) is 13.1. The average molecular weight is 399 g/mol. The lowest BCUT2D eigenvalue weighted by Crippen LogP contribution is -2.32. The maximum atomic E-state index is 12.8. The first-order valence-corrected chi connectivity index (χ1v) is 11.0. The number of anilines is 1. The minimum atomic E-state index is -0.683. The zero-order chi connectivity index (χ0) is 21.1. The van der Waals surface area contributed by atoms with Crippen LogP contribution >= 0.6 is 11.8 Å². The van der Waals surface area contributed by atoms with E-state index < -0.39 is 5.41 Å². The Bertz CT molecular complexity index is 732. The number of rotatable bonds is 9. The zero-order valence-corrected chi connectivity index (χ0v) is 18.3. The molecular formula is C22H30BNO3S. The minimum absolute atomic E-state index is 0.0771. The summed E-state index contributed by atoms with van der Waals surface area (Å²) in [7, 11) is 5.52. The first kappa shape index (κ1) is 22.7. The van der Waals surface area contributed by atoms with Gasteiger partial charge >= 0.3 is 0 Å². The van der Waals surface area contributed by atoms with Gasteiger partial charge in [0.2, 0.25) is 11.8 Å². The molecule has 1 fully saturated rings. The van der Waals surface area contributed by atoms with Crippen LogP contribution in [0.4, 0.5) is 5.69 Å². The summed E-state index contributed by atoms with van der Waals surface area (Å²) in [5.41, 5.74) is 0.501. The van der Waals surface area contributed by atoms with Crippen molar-refractivity contribution < 1.29 is 14.4 Å². The maximum absolute atomic E-state index is 12.8. The third-order valence-corrected chi connectivity index (χ3v) is 7.23. The van der Waals surface area contributed by atoms with Crippen LogP contribution in [-0.4, -0.2) is 35.8 Å². The molecule has 3 unspecified atom stereocenters. The second kappa shape index (κ2) is 9.30. The van der Waals surface area contributed by atoms with Crippen LogP contribution in [0.3, 0.4) is 0 Å². The second-order valence-electron chi connectivity index (χ2n) is 8.25. The molecule has 2 rings (SSSR count). The summed E-state index contributed by atoms with van der Waals surface area (Å²) < 4.78 is 0. The van der Waals surface area contributed by atoms with E-state index in [0.29, 0.717) is 10.9 Å². The molecule has 0 aromatic heterocycles. The highest BCUT2D eigenvalue weighted by Crippen LogP contribution is 2.37. The van der Waals surface area contributed by atoms with Crippen LogP contribution in [0.5, 0.6) is 0 Å². The van der Waals surface area contributed by atoms with Gasteiger partial charge in [0.15, 0.2) is 7.85 Å². The number of carbonyl (C=O) groups excluding carboxylic acids is 3. The van der Waals surface area contributed by atoms with Crippen LogP contribution in [0.15, 0.2) is 24.3 Å². The monoisotopic (exact) mass is 399 g/mol. The predicted molar refractivity (Wildman–Crippen MR) is 117 cm³/mol. The third kappa shape index (κ3) is 4.89. The topological polar surface area (TPSA) is 54.5 Å². The number of amides is 2. The largest absolute Gasteiger partial charge is 0.312 e. The molecule has 1 aliphatic heterocycles. The molecule has 4 nitrogen and oxygen atoms in total. The quantitative estimate of drug-likeness (QED) is 0.455. The van der Waals surface area contributed by atoms with Gasteiger partial charge in [-0.05, 0) is 30.0 Å². The molecule has 0 spiro atoms. The number of hydrogen-bond acceptors (Lipinski definition) is 4. The summed E-state index contributed by atoms with van der Waals surface area (Å²) in [6.45, 7) is 9.87. The molecule has 0 N–H and O–H groups in total. The van der Waals surface area contributed by atoms with Gasteiger partial charge in [-0.1, -0.05) is 59.6 Å². The number of imide groups is 1. The Labute approximate surface area is 174 Å². The standard InChI is InChI=1S/C22H30BNO3S/c1-6-7-8-14(2)28-18-13-19(25)24(20(18)26)17-11-9-16(10-12-17)15(3)22(4,5)21(23)27/h9-12,14-15,18H,6-8,13H2,1-5H3. The molecule has 0 bridgehead atoms. The van der Waals surface area contributed by atoms with E-state index in [1.807, 2.05) is 32.9 Å². The Morgan fingerprint density at radius 3 is 2.39 bits per heavy atom. The molecule has 28 heavy (non-hydrogen) atoms. The minimum Gasteiger partial charge on any atom is -0.312 e. The van der Waals surface area contributed by atoms with Gasteiger partial charge in [0, 0.05) is 17.1 Å². The SMILES string of the molecule is [B]C(=O)C(C)(C)C(C)c1ccc(N2C(=O)CC(SC(C)CCCC)C2=O)cc1. The molecule has 6 heteroatoms. The van der Waals surface area contributed by atoms with E-state index in [-0.39, 0.29) is 35.1 Å². The number of benzene rings is 1. The Balaban J connectivity index is 2.12. The third-order valence-electron chi connectivity index (χ3n) is 5.83. The van der Waals surface area contributed by atoms with Crippen LogP contribution in [0.2, 0.25) is 0 Å². The van der Waals surface area contributed by atoms with Crippen molar-refractivity contribution in [1.82, 2.24) is 0 Å². The van der Waals surface area contributed by atoms with Crippen molar-refractivity contribution >= 4 is 42.8 Å². The summed E-state index contributed by atoms with van der Waals surface area (Å²) in [5, 5.41) is 0.0626. The van der Waals surface area contributed by atoms with Gasteiger partial charge in [0.1, 0.15) is 0 Å². The van der Waals surface area contributed by atoms with E-state index in [4.69, 9.17) is 7.85 Å². The lowest BCUT2D eigenvalue weighted by atomic mass is 9.67. The smallest absolute Gasteiger partial charge is 0.247 e. The van der Waals surface area contributed by atoms with Gasteiger partial charge in [0.05, 0.1) is 16.6 Å². The van der Waals surface area contributed by atoms with Crippen LogP contribution in [0.1, 0.15) is 71.8 Å². The molecule has 2 amide bonds. The van der Waals surface area contributed by atoms with Crippen molar-refractivity contribution in [3.8, 4) is 0 Å².